The smallest absolute Gasteiger partial charge is 0.230 e. The lowest BCUT2D eigenvalue weighted by Gasteiger charge is -1.82. The molecule has 0 aromatic rings. The van der Waals surface area contributed by atoms with Crippen molar-refractivity contribution in [3.8, 4) is 0 Å². The van der Waals surface area contributed by atoms with Gasteiger partial charge in [0.2, 0.25) is 7.28 Å². The van der Waals surface area contributed by atoms with Crippen molar-refractivity contribution in [2.75, 3.05) is 13.6 Å². The number of rotatable bonds is 3. The van der Waals surface area contributed by atoms with Crippen molar-refractivity contribution in [1.29, 1.82) is 0 Å². The number of hydrogen-bond acceptors (Lipinski definition) is 2. The number of carbonyl (C=O) groups is 1. The molecule has 0 saturated carbocycles. The maximum Gasteiger partial charge on any atom is 0.230 e. The van der Waals surface area contributed by atoms with Gasteiger partial charge in [-0.2, -0.15) is 0 Å². The van der Waals surface area contributed by atoms with Gasteiger partial charge in [-0.25, -0.2) is 0 Å². The van der Waals surface area contributed by atoms with E-state index in [0.717, 1.165) is 0 Å². The standard InChI is InChI=1S/C3H6BO2/c1-6-3-4-2-5/h2H,3H2,1H3. The first-order valence-electron chi connectivity index (χ1n) is 1.67. The summed E-state index contributed by atoms with van der Waals surface area (Å²) >= 11 is 0. The van der Waals surface area contributed by atoms with Gasteiger partial charge in [-0.15, -0.1) is 0 Å². The summed E-state index contributed by atoms with van der Waals surface area (Å²) < 4.78 is 4.50. The van der Waals surface area contributed by atoms with E-state index in [4.69, 9.17) is 0 Å². The molecule has 0 aromatic heterocycles. The van der Waals surface area contributed by atoms with Crippen LogP contribution in [0.1, 0.15) is 0 Å². The fourth-order valence-corrected chi connectivity index (χ4v) is 0.136. The van der Waals surface area contributed by atoms with Crippen LogP contribution in [0.25, 0.3) is 0 Å². The van der Waals surface area contributed by atoms with E-state index in [2.05, 4.69) is 4.74 Å². The van der Waals surface area contributed by atoms with Gasteiger partial charge in [-0.1, -0.05) is 0 Å². The molecule has 0 aromatic carbocycles. The fourth-order valence-electron chi connectivity index (χ4n) is 0.136. The topological polar surface area (TPSA) is 26.3 Å². The third-order valence-electron chi connectivity index (χ3n) is 0.359. The van der Waals surface area contributed by atoms with Gasteiger partial charge in [0.05, 0.1) is 6.19 Å². The van der Waals surface area contributed by atoms with E-state index in [1.165, 1.54) is 7.28 Å². The van der Waals surface area contributed by atoms with E-state index in [1.807, 2.05) is 0 Å². The van der Waals surface area contributed by atoms with E-state index >= 15 is 0 Å². The molecule has 2 nitrogen and oxygen atoms in total. The third kappa shape index (κ3) is 3.69. The van der Waals surface area contributed by atoms with Crippen LogP contribution in [0, 0.1) is 0 Å². The summed E-state index contributed by atoms with van der Waals surface area (Å²) in [5.41, 5.74) is 0. The van der Waals surface area contributed by atoms with Gasteiger partial charge in [0, 0.05) is 13.6 Å². The molecule has 0 rings (SSSR count). The maximum absolute atomic E-state index is 9.43. The van der Waals surface area contributed by atoms with Crippen LogP contribution in [0.3, 0.4) is 0 Å². The first-order chi connectivity index (χ1) is 2.91. The minimum Gasteiger partial charge on any atom is -0.393 e. The largest absolute Gasteiger partial charge is 0.393 e. The Bertz CT molecular complexity index is 37.8. The molecule has 0 fully saturated rings. The van der Waals surface area contributed by atoms with Crippen molar-refractivity contribution >= 4 is 13.5 Å². The predicted octanol–water partition coefficient (Wildman–Crippen LogP) is -0.515. The quantitative estimate of drug-likeness (QED) is 0.262. The lowest BCUT2D eigenvalue weighted by atomic mass is 9.84. The highest BCUT2D eigenvalue weighted by molar-refractivity contribution is 6.66. The molecule has 0 aliphatic carbocycles. The molecule has 0 N–H and O–H groups in total. The van der Waals surface area contributed by atoms with Crippen molar-refractivity contribution in [2.24, 2.45) is 0 Å². The summed E-state index contributed by atoms with van der Waals surface area (Å²) in [5, 5.41) is 0. The molecule has 0 amide bonds. The van der Waals surface area contributed by atoms with Gasteiger partial charge in [0.25, 0.3) is 0 Å². The number of methoxy groups -OCH3 is 1. The Morgan fingerprint density at radius 3 is 2.83 bits per heavy atom. The maximum atomic E-state index is 9.43. The number of hydrogen-bond donors (Lipinski definition) is 0. The van der Waals surface area contributed by atoms with E-state index in [9.17, 15) is 4.79 Å². The Kier molecular flexibility index (Phi) is 4.46. The Morgan fingerprint density at radius 2 is 2.67 bits per heavy atom. The minimum absolute atomic E-state index is 0.420. The summed E-state index contributed by atoms with van der Waals surface area (Å²) in [6, 6.07) is 0. The van der Waals surface area contributed by atoms with Crippen LogP contribution in [0.4, 0.5) is 0 Å². The van der Waals surface area contributed by atoms with Crippen molar-refractivity contribution in [3.63, 3.8) is 0 Å². The van der Waals surface area contributed by atoms with Crippen LogP contribution in [0.2, 0.25) is 0 Å². The zero-order valence-electron chi connectivity index (χ0n) is 3.68. The molecule has 0 aliphatic heterocycles. The van der Waals surface area contributed by atoms with Gasteiger partial charge in [0.15, 0.2) is 0 Å². The third-order valence-corrected chi connectivity index (χ3v) is 0.359. The molecule has 0 unspecified atom stereocenters. The first kappa shape index (κ1) is 5.69. The highest BCUT2D eigenvalue weighted by Crippen LogP contribution is 1.55. The van der Waals surface area contributed by atoms with E-state index in [0.29, 0.717) is 12.7 Å². The van der Waals surface area contributed by atoms with Crippen LogP contribution < -0.4 is 0 Å². The Labute approximate surface area is 37.7 Å². The van der Waals surface area contributed by atoms with Crippen molar-refractivity contribution in [2.45, 2.75) is 0 Å². The molecule has 0 heterocycles. The molecule has 0 bridgehead atoms. The zero-order valence-corrected chi connectivity index (χ0v) is 3.68. The second-order valence-electron chi connectivity index (χ2n) is 0.827. The Balaban J connectivity index is 2.49. The molecule has 0 spiro atoms. The summed E-state index contributed by atoms with van der Waals surface area (Å²) in [4.78, 5) is 9.43. The SMILES string of the molecule is COC[B]C=O. The molecule has 6 heavy (non-hydrogen) atoms. The van der Waals surface area contributed by atoms with Crippen LogP contribution >= 0.6 is 0 Å². The van der Waals surface area contributed by atoms with Gasteiger partial charge in [0.1, 0.15) is 0 Å². The predicted molar refractivity (Wildman–Crippen MR) is 24.4 cm³/mol. The zero-order chi connectivity index (χ0) is 4.83. The second-order valence-corrected chi connectivity index (χ2v) is 0.827. The molecule has 0 atom stereocenters. The number of ether oxygens (including phenoxy) is 1. The van der Waals surface area contributed by atoms with E-state index < -0.39 is 0 Å². The van der Waals surface area contributed by atoms with E-state index in [1.54, 1.807) is 7.11 Å². The van der Waals surface area contributed by atoms with Crippen LogP contribution in [-0.4, -0.2) is 27.1 Å². The van der Waals surface area contributed by atoms with Crippen LogP contribution in [0.5, 0.6) is 0 Å². The average Bonchev–Trinajstić information content (AvgIpc) is 1.61. The van der Waals surface area contributed by atoms with Crippen molar-refractivity contribution in [1.82, 2.24) is 0 Å². The van der Waals surface area contributed by atoms with Crippen molar-refractivity contribution in [3.05, 3.63) is 0 Å². The average molecular weight is 84.9 g/mol. The van der Waals surface area contributed by atoms with Gasteiger partial charge < -0.3 is 9.53 Å². The molecule has 3 heteroatoms. The number of carbonyl (C=O) groups excluding carboxylic acids is 1. The van der Waals surface area contributed by atoms with Crippen molar-refractivity contribution < 1.29 is 9.53 Å². The summed E-state index contributed by atoms with van der Waals surface area (Å²) in [6.45, 7) is 0.420. The van der Waals surface area contributed by atoms with Gasteiger partial charge >= 0.3 is 0 Å². The highest BCUT2D eigenvalue weighted by atomic mass is 16.5. The second kappa shape index (κ2) is 4.69. The lowest BCUT2D eigenvalue weighted by molar-refractivity contribution is 0.252. The molecular weight excluding hydrogens is 78.8 g/mol. The first-order valence-corrected chi connectivity index (χ1v) is 1.67. The molecule has 1 radical (unpaired) electrons. The molecule has 0 saturated heterocycles. The minimum atomic E-state index is 0.420. The Hall–Kier alpha value is -0.305. The monoisotopic (exact) mass is 85.0 g/mol. The summed E-state index contributed by atoms with van der Waals surface area (Å²) in [7, 11) is 2.94. The van der Waals surface area contributed by atoms with Gasteiger partial charge in [-0.05, 0) is 0 Å². The van der Waals surface area contributed by atoms with Gasteiger partial charge in [-0.3, -0.25) is 0 Å². The van der Waals surface area contributed by atoms with Crippen LogP contribution in [-0.2, 0) is 9.53 Å². The normalized spacial score (nSPS) is 7.50. The lowest BCUT2D eigenvalue weighted by Crippen LogP contribution is -2.00. The fraction of sp³-hybridized carbons (Fsp3) is 0.667. The summed E-state index contributed by atoms with van der Waals surface area (Å²) in [5.74, 6) is 0. The highest BCUT2D eigenvalue weighted by Gasteiger charge is 1.79. The van der Waals surface area contributed by atoms with Crippen LogP contribution in [0.15, 0.2) is 0 Å². The Morgan fingerprint density at radius 1 is 2.00 bits per heavy atom. The summed E-state index contributed by atoms with van der Waals surface area (Å²) in [6.07, 6.45) is 0.712. The molecule has 0 aliphatic rings. The van der Waals surface area contributed by atoms with E-state index in [-0.39, 0.29) is 0 Å². The molecule has 33 valence electrons. The molecular formula is C3H6BO2.